The summed E-state index contributed by atoms with van der Waals surface area (Å²) in [6.07, 6.45) is -2.15. The van der Waals surface area contributed by atoms with Crippen molar-refractivity contribution in [3.05, 3.63) is 35.4 Å². The summed E-state index contributed by atoms with van der Waals surface area (Å²) in [6.45, 7) is 1.53. The second-order valence-corrected chi connectivity index (χ2v) is 5.18. The third-order valence-corrected chi connectivity index (χ3v) is 3.89. The molecule has 0 aliphatic carbocycles. The Balaban J connectivity index is 2.24. The van der Waals surface area contributed by atoms with Crippen LogP contribution in [0.3, 0.4) is 0 Å². The molecule has 0 spiro atoms. The summed E-state index contributed by atoms with van der Waals surface area (Å²) in [5.74, 6) is 0.315. The maximum absolute atomic E-state index is 12.6. The smallest absolute Gasteiger partial charge is 0.330 e. The molecule has 0 amide bonds. The lowest BCUT2D eigenvalue weighted by atomic mass is 9.85. The Bertz CT molecular complexity index is 414. The molecule has 0 bridgehead atoms. The maximum atomic E-state index is 12.6. The van der Waals surface area contributed by atoms with Crippen LogP contribution in [0.5, 0.6) is 0 Å². The van der Waals surface area contributed by atoms with Gasteiger partial charge in [0.15, 0.2) is 0 Å². The van der Waals surface area contributed by atoms with Crippen molar-refractivity contribution in [3.8, 4) is 0 Å². The topological polar surface area (TPSA) is 29.3 Å². The Labute approximate surface area is 111 Å². The van der Waals surface area contributed by atoms with E-state index in [4.69, 9.17) is 5.73 Å². The highest BCUT2D eigenvalue weighted by molar-refractivity contribution is 5.27. The van der Waals surface area contributed by atoms with Crippen LogP contribution in [0, 0.1) is 5.92 Å². The van der Waals surface area contributed by atoms with Gasteiger partial charge in [0.05, 0.1) is 5.56 Å². The average Bonchev–Trinajstić information content (AvgIpc) is 2.37. The molecule has 5 heteroatoms. The Hall–Kier alpha value is -1.07. The zero-order valence-electron chi connectivity index (χ0n) is 11.0. The molecule has 19 heavy (non-hydrogen) atoms. The van der Waals surface area contributed by atoms with Gasteiger partial charge in [0, 0.05) is 6.04 Å². The van der Waals surface area contributed by atoms with Gasteiger partial charge in [0.1, 0.15) is 0 Å². The van der Waals surface area contributed by atoms with Crippen molar-refractivity contribution in [1.82, 2.24) is 4.90 Å². The molecule has 2 rings (SSSR count). The molecule has 1 fully saturated rings. The second-order valence-electron chi connectivity index (χ2n) is 5.18. The van der Waals surface area contributed by atoms with Crippen molar-refractivity contribution in [2.75, 3.05) is 20.1 Å². The molecular formula is C14H19F3N2. The van der Waals surface area contributed by atoms with Crippen LogP contribution in [0.1, 0.15) is 30.0 Å². The van der Waals surface area contributed by atoms with Gasteiger partial charge in [-0.3, -0.25) is 4.90 Å². The number of hydrogen-bond acceptors (Lipinski definition) is 2. The van der Waals surface area contributed by atoms with Gasteiger partial charge in [-0.1, -0.05) is 12.1 Å². The molecule has 0 radical (unpaired) electrons. The van der Waals surface area contributed by atoms with Gasteiger partial charge >= 0.3 is 6.18 Å². The highest BCUT2D eigenvalue weighted by atomic mass is 19.4. The van der Waals surface area contributed by atoms with Gasteiger partial charge in [0.2, 0.25) is 0 Å². The Morgan fingerprint density at radius 2 is 1.89 bits per heavy atom. The minimum atomic E-state index is -4.27. The molecule has 1 saturated heterocycles. The standard InChI is InChI=1S/C14H19F3N2/c1-19-8-2-3-11(9-18)13(19)10-4-6-12(7-5-10)14(15,16)17/h4-7,11,13H,2-3,8-9,18H2,1H3/t11-,13-/m1/s1. The lowest BCUT2D eigenvalue weighted by molar-refractivity contribution is -0.137. The number of nitrogens with zero attached hydrogens (tertiary/aromatic N) is 1. The van der Waals surface area contributed by atoms with Crippen molar-refractivity contribution in [2.24, 2.45) is 11.7 Å². The summed E-state index contributed by atoms with van der Waals surface area (Å²) in [4.78, 5) is 2.18. The van der Waals surface area contributed by atoms with Crippen LogP contribution in [-0.2, 0) is 6.18 Å². The van der Waals surface area contributed by atoms with Gasteiger partial charge < -0.3 is 5.73 Å². The maximum Gasteiger partial charge on any atom is 0.416 e. The van der Waals surface area contributed by atoms with Gasteiger partial charge in [-0.2, -0.15) is 13.2 Å². The summed E-state index contributed by atoms with van der Waals surface area (Å²) in [7, 11) is 2.00. The molecule has 1 aromatic carbocycles. The van der Waals surface area contributed by atoms with Gasteiger partial charge in [-0.15, -0.1) is 0 Å². The predicted molar refractivity (Wildman–Crippen MR) is 68.6 cm³/mol. The van der Waals surface area contributed by atoms with Crippen LogP contribution in [0.15, 0.2) is 24.3 Å². The third kappa shape index (κ3) is 3.09. The molecule has 2 nitrogen and oxygen atoms in total. The monoisotopic (exact) mass is 272 g/mol. The lowest BCUT2D eigenvalue weighted by Gasteiger charge is -2.39. The van der Waals surface area contributed by atoms with Crippen molar-refractivity contribution < 1.29 is 13.2 Å². The zero-order chi connectivity index (χ0) is 14.0. The Morgan fingerprint density at radius 3 is 2.42 bits per heavy atom. The SMILES string of the molecule is CN1CCC[C@H](CN)[C@H]1c1ccc(C(F)(F)F)cc1. The van der Waals surface area contributed by atoms with Crippen LogP contribution in [-0.4, -0.2) is 25.0 Å². The van der Waals surface area contributed by atoms with Crippen LogP contribution >= 0.6 is 0 Å². The largest absolute Gasteiger partial charge is 0.416 e. The predicted octanol–water partition coefficient (Wildman–Crippen LogP) is 3.05. The molecule has 1 aliphatic heterocycles. The number of rotatable bonds is 2. The molecular weight excluding hydrogens is 253 g/mol. The molecule has 0 unspecified atom stereocenters. The van der Waals surface area contributed by atoms with Gasteiger partial charge in [-0.25, -0.2) is 0 Å². The number of halogens is 3. The van der Waals surface area contributed by atoms with E-state index in [1.165, 1.54) is 0 Å². The molecule has 1 aromatic rings. The van der Waals surface area contributed by atoms with E-state index in [2.05, 4.69) is 4.90 Å². The van der Waals surface area contributed by atoms with Crippen molar-refractivity contribution in [3.63, 3.8) is 0 Å². The molecule has 1 heterocycles. The summed E-state index contributed by atoms with van der Waals surface area (Å²) in [6, 6.07) is 5.60. The summed E-state index contributed by atoms with van der Waals surface area (Å²) < 4.78 is 37.7. The Morgan fingerprint density at radius 1 is 1.26 bits per heavy atom. The van der Waals surface area contributed by atoms with E-state index in [1.54, 1.807) is 12.1 Å². The fourth-order valence-corrected chi connectivity index (χ4v) is 2.90. The van der Waals surface area contributed by atoms with E-state index < -0.39 is 11.7 Å². The number of hydrogen-bond donors (Lipinski definition) is 1. The summed E-state index contributed by atoms with van der Waals surface area (Å²) in [5, 5.41) is 0. The second kappa shape index (κ2) is 5.51. The first kappa shape index (κ1) is 14.3. The highest BCUT2D eigenvalue weighted by Gasteiger charge is 2.32. The molecule has 0 saturated carbocycles. The first-order valence-electron chi connectivity index (χ1n) is 6.51. The van der Waals surface area contributed by atoms with Crippen LogP contribution in [0.4, 0.5) is 13.2 Å². The number of likely N-dealkylation sites (tertiary alicyclic amines) is 1. The van der Waals surface area contributed by atoms with E-state index in [9.17, 15) is 13.2 Å². The summed E-state index contributed by atoms with van der Waals surface area (Å²) >= 11 is 0. The van der Waals surface area contributed by atoms with E-state index in [0.29, 0.717) is 12.5 Å². The highest BCUT2D eigenvalue weighted by Crippen LogP contribution is 2.36. The number of piperidine rings is 1. The van der Waals surface area contributed by atoms with Crippen molar-refractivity contribution >= 4 is 0 Å². The Kier molecular flexibility index (Phi) is 4.16. The van der Waals surface area contributed by atoms with Gasteiger partial charge in [-0.05, 0) is 56.6 Å². The first-order valence-corrected chi connectivity index (χ1v) is 6.51. The minimum absolute atomic E-state index is 0.126. The van der Waals surface area contributed by atoms with Crippen LogP contribution < -0.4 is 5.73 Å². The van der Waals surface area contributed by atoms with Crippen molar-refractivity contribution in [2.45, 2.75) is 25.1 Å². The molecule has 0 aromatic heterocycles. The van der Waals surface area contributed by atoms with E-state index in [1.807, 2.05) is 7.05 Å². The average molecular weight is 272 g/mol. The quantitative estimate of drug-likeness (QED) is 0.896. The lowest BCUT2D eigenvalue weighted by Crippen LogP contribution is -2.39. The molecule has 2 N–H and O–H groups in total. The minimum Gasteiger partial charge on any atom is -0.330 e. The fraction of sp³-hybridized carbons (Fsp3) is 0.571. The normalized spacial score (nSPS) is 25.5. The van der Waals surface area contributed by atoms with E-state index >= 15 is 0 Å². The van der Waals surface area contributed by atoms with E-state index in [-0.39, 0.29) is 6.04 Å². The first-order chi connectivity index (χ1) is 8.93. The van der Waals surface area contributed by atoms with Gasteiger partial charge in [0.25, 0.3) is 0 Å². The number of alkyl halides is 3. The van der Waals surface area contributed by atoms with Crippen molar-refractivity contribution in [1.29, 1.82) is 0 Å². The summed E-state index contributed by atoms with van der Waals surface area (Å²) in [5.41, 5.74) is 6.11. The third-order valence-electron chi connectivity index (χ3n) is 3.89. The molecule has 106 valence electrons. The zero-order valence-corrected chi connectivity index (χ0v) is 11.0. The van der Waals surface area contributed by atoms with E-state index in [0.717, 1.165) is 37.1 Å². The number of nitrogens with two attached hydrogens (primary N) is 1. The molecule has 1 aliphatic rings. The molecule has 2 atom stereocenters. The number of benzene rings is 1. The van der Waals surface area contributed by atoms with Crippen LogP contribution in [0.25, 0.3) is 0 Å². The van der Waals surface area contributed by atoms with Crippen LogP contribution in [0.2, 0.25) is 0 Å². The fourth-order valence-electron chi connectivity index (χ4n) is 2.90.